The van der Waals surface area contributed by atoms with Crippen LogP contribution in [0.1, 0.15) is 31.3 Å². The summed E-state index contributed by atoms with van der Waals surface area (Å²) in [5.74, 6) is 1.00. The van der Waals surface area contributed by atoms with Crippen molar-refractivity contribution in [2.75, 3.05) is 13.6 Å². The third kappa shape index (κ3) is 3.04. The zero-order valence-electron chi connectivity index (χ0n) is 12.0. The summed E-state index contributed by atoms with van der Waals surface area (Å²) in [5.41, 5.74) is 0.769. The van der Waals surface area contributed by atoms with E-state index in [0.717, 1.165) is 11.0 Å². The van der Waals surface area contributed by atoms with Gasteiger partial charge in [0.15, 0.2) is 5.76 Å². The quantitative estimate of drug-likeness (QED) is 0.769. The largest absolute Gasteiger partial charge is 0.453 e. The van der Waals surface area contributed by atoms with Crippen LogP contribution in [-0.4, -0.2) is 30.3 Å². The third-order valence-electron chi connectivity index (χ3n) is 3.75. The molecule has 2 rings (SSSR count). The predicted octanol–water partition coefficient (Wildman–Crippen LogP) is 3.59. The normalized spacial score (nSPS) is 13.4. The Balaban J connectivity index is 2.11. The highest BCUT2D eigenvalue weighted by molar-refractivity contribution is 5.98. The molecule has 0 radical (unpaired) electrons. The number of ketones is 1. The third-order valence-corrected chi connectivity index (χ3v) is 3.75. The molecular weight excluding hydrogens is 238 g/mol. The van der Waals surface area contributed by atoms with Crippen molar-refractivity contribution in [2.45, 2.75) is 26.8 Å². The van der Waals surface area contributed by atoms with Gasteiger partial charge >= 0.3 is 0 Å². The van der Waals surface area contributed by atoms with Gasteiger partial charge in [-0.2, -0.15) is 0 Å². The highest BCUT2D eigenvalue weighted by Gasteiger charge is 2.19. The Bertz CT molecular complexity index is 538. The number of rotatable bonds is 5. The fourth-order valence-electron chi connectivity index (χ4n) is 2.08. The van der Waals surface area contributed by atoms with Crippen molar-refractivity contribution in [3.63, 3.8) is 0 Å². The summed E-state index contributed by atoms with van der Waals surface area (Å²) in [6.07, 6.45) is 0. The van der Waals surface area contributed by atoms with E-state index in [1.54, 1.807) is 0 Å². The molecule has 3 heteroatoms. The van der Waals surface area contributed by atoms with Gasteiger partial charge < -0.3 is 4.42 Å². The van der Waals surface area contributed by atoms with Crippen LogP contribution in [0.15, 0.2) is 34.7 Å². The highest BCUT2D eigenvalue weighted by Crippen LogP contribution is 2.19. The maximum atomic E-state index is 12.2. The van der Waals surface area contributed by atoms with E-state index < -0.39 is 0 Å². The Morgan fingerprint density at radius 3 is 2.58 bits per heavy atom. The maximum absolute atomic E-state index is 12.2. The number of nitrogens with zero attached hydrogens (tertiary/aromatic N) is 1. The summed E-state index contributed by atoms with van der Waals surface area (Å²) < 4.78 is 5.59. The van der Waals surface area contributed by atoms with E-state index in [0.29, 0.717) is 24.3 Å². The van der Waals surface area contributed by atoms with Crippen LogP contribution in [0.2, 0.25) is 0 Å². The van der Waals surface area contributed by atoms with Crippen LogP contribution < -0.4 is 0 Å². The Morgan fingerprint density at radius 1 is 1.26 bits per heavy atom. The molecule has 3 nitrogen and oxygen atoms in total. The van der Waals surface area contributed by atoms with Gasteiger partial charge in [-0.3, -0.25) is 9.69 Å². The average Bonchev–Trinajstić information content (AvgIpc) is 2.81. The molecule has 0 bridgehead atoms. The Hall–Kier alpha value is -1.61. The number of carbonyl (C=O) groups excluding carboxylic acids is 1. The number of Topliss-reactive ketones (excluding diaryl/α,β-unsaturated/α-hetero) is 1. The van der Waals surface area contributed by atoms with Gasteiger partial charge in [0.05, 0.1) is 6.54 Å². The molecule has 0 amide bonds. The molecule has 0 spiro atoms. The Kier molecular flexibility index (Phi) is 4.05. The first-order valence-electron chi connectivity index (χ1n) is 6.71. The monoisotopic (exact) mass is 259 g/mol. The van der Waals surface area contributed by atoms with Crippen molar-refractivity contribution in [3.05, 3.63) is 36.1 Å². The van der Waals surface area contributed by atoms with E-state index in [-0.39, 0.29) is 5.78 Å². The van der Waals surface area contributed by atoms with Crippen LogP contribution in [-0.2, 0) is 0 Å². The predicted molar refractivity (Wildman–Crippen MR) is 77.5 cm³/mol. The lowest BCUT2D eigenvalue weighted by molar-refractivity contribution is 0.0881. The zero-order chi connectivity index (χ0) is 14.0. The molecule has 0 N–H and O–H groups in total. The first-order chi connectivity index (χ1) is 8.99. The molecule has 19 heavy (non-hydrogen) atoms. The van der Waals surface area contributed by atoms with Crippen molar-refractivity contribution in [3.8, 4) is 0 Å². The van der Waals surface area contributed by atoms with E-state index >= 15 is 0 Å². The molecule has 1 heterocycles. The van der Waals surface area contributed by atoms with E-state index in [9.17, 15) is 4.79 Å². The Morgan fingerprint density at radius 2 is 1.95 bits per heavy atom. The fourth-order valence-corrected chi connectivity index (χ4v) is 2.08. The lowest BCUT2D eigenvalue weighted by Crippen LogP contribution is -2.37. The number of carbonyl (C=O) groups is 1. The number of fused-ring (bicyclic) bond motifs is 1. The second-order valence-corrected chi connectivity index (χ2v) is 5.47. The van der Waals surface area contributed by atoms with Crippen molar-refractivity contribution >= 4 is 16.8 Å². The standard InChI is InChI=1S/C16H21NO2/c1-11(2)12(3)17(4)10-14(18)16-9-13-7-5-6-8-15(13)19-16/h5-9,11-12H,10H2,1-4H3. The average molecular weight is 259 g/mol. The summed E-state index contributed by atoms with van der Waals surface area (Å²) in [7, 11) is 1.98. The molecule has 1 unspecified atom stereocenters. The van der Waals surface area contributed by atoms with Gasteiger partial charge in [-0.15, -0.1) is 0 Å². The van der Waals surface area contributed by atoms with Gasteiger partial charge in [0.1, 0.15) is 5.58 Å². The molecule has 0 saturated carbocycles. The molecule has 0 aliphatic rings. The zero-order valence-corrected chi connectivity index (χ0v) is 12.0. The number of benzene rings is 1. The van der Waals surface area contributed by atoms with Gasteiger partial charge in [-0.05, 0) is 32.0 Å². The van der Waals surface area contributed by atoms with Crippen molar-refractivity contribution in [1.82, 2.24) is 4.90 Å². The minimum atomic E-state index is 0.0335. The number of furan rings is 1. The summed E-state index contributed by atoms with van der Waals surface area (Å²) in [4.78, 5) is 14.3. The summed E-state index contributed by atoms with van der Waals surface area (Å²) in [6.45, 7) is 6.84. The molecule has 0 saturated heterocycles. The number of hydrogen-bond donors (Lipinski definition) is 0. The fraction of sp³-hybridized carbons (Fsp3) is 0.438. The summed E-state index contributed by atoms with van der Waals surface area (Å²) >= 11 is 0. The molecular formula is C16H21NO2. The second-order valence-electron chi connectivity index (χ2n) is 5.47. The minimum absolute atomic E-state index is 0.0335. The molecule has 102 valence electrons. The van der Waals surface area contributed by atoms with Crippen LogP contribution in [0, 0.1) is 5.92 Å². The number of hydrogen-bond acceptors (Lipinski definition) is 3. The maximum Gasteiger partial charge on any atom is 0.211 e. The molecule has 2 aromatic rings. The van der Waals surface area contributed by atoms with Gasteiger partial charge in [0.25, 0.3) is 0 Å². The first-order valence-corrected chi connectivity index (χ1v) is 6.71. The van der Waals surface area contributed by atoms with Crippen molar-refractivity contribution < 1.29 is 9.21 Å². The summed E-state index contributed by atoms with van der Waals surface area (Å²) in [5, 5.41) is 0.977. The molecule has 0 aliphatic heterocycles. The topological polar surface area (TPSA) is 33.5 Å². The minimum Gasteiger partial charge on any atom is -0.453 e. The van der Waals surface area contributed by atoms with Gasteiger partial charge in [-0.1, -0.05) is 32.0 Å². The highest BCUT2D eigenvalue weighted by atomic mass is 16.3. The lowest BCUT2D eigenvalue weighted by Gasteiger charge is -2.26. The van der Waals surface area contributed by atoms with Crippen LogP contribution in [0.25, 0.3) is 11.0 Å². The van der Waals surface area contributed by atoms with E-state index in [4.69, 9.17) is 4.42 Å². The van der Waals surface area contributed by atoms with Gasteiger partial charge in [0, 0.05) is 11.4 Å². The van der Waals surface area contributed by atoms with Gasteiger partial charge in [-0.25, -0.2) is 0 Å². The summed E-state index contributed by atoms with van der Waals surface area (Å²) in [6, 6.07) is 9.88. The SMILES string of the molecule is CC(C)C(C)N(C)CC(=O)c1cc2ccccc2o1. The first kappa shape index (κ1) is 13.8. The molecule has 1 atom stereocenters. The molecule has 1 aromatic heterocycles. The molecule has 1 aromatic carbocycles. The smallest absolute Gasteiger partial charge is 0.211 e. The van der Waals surface area contributed by atoms with Crippen LogP contribution in [0.5, 0.6) is 0 Å². The van der Waals surface area contributed by atoms with Crippen LogP contribution in [0.4, 0.5) is 0 Å². The van der Waals surface area contributed by atoms with E-state index in [2.05, 4.69) is 25.7 Å². The van der Waals surface area contributed by atoms with E-state index in [1.807, 2.05) is 37.4 Å². The molecule has 0 aliphatic carbocycles. The number of para-hydroxylation sites is 1. The van der Waals surface area contributed by atoms with Crippen molar-refractivity contribution in [1.29, 1.82) is 0 Å². The second kappa shape index (κ2) is 5.57. The molecule has 0 fully saturated rings. The van der Waals surface area contributed by atoms with E-state index in [1.165, 1.54) is 0 Å². The number of likely N-dealkylation sites (N-methyl/N-ethyl adjacent to an activating group) is 1. The van der Waals surface area contributed by atoms with Crippen LogP contribution >= 0.6 is 0 Å². The van der Waals surface area contributed by atoms with Crippen molar-refractivity contribution in [2.24, 2.45) is 5.92 Å². The van der Waals surface area contributed by atoms with Gasteiger partial charge in [0.2, 0.25) is 5.78 Å². The lowest BCUT2D eigenvalue weighted by atomic mass is 10.0. The Labute approximate surface area is 114 Å². The van der Waals surface area contributed by atoms with Crippen LogP contribution in [0.3, 0.4) is 0 Å².